The Morgan fingerprint density at radius 2 is 2.11 bits per heavy atom. The van der Waals surface area contributed by atoms with Crippen LogP contribution in [0, 0.1) is 6.92 Å². The van der Waals surface area contributed by atoms with E-state index in [0.717, 1.165) is 31.1 Å². The zero-order valence-corrected chi connectivity index (χ0v) is 10.9. The van der Waals surface area contributed by atoms with E-state index in [0.29, 0.717) is 0 Å². The Labute approximate surface area is 108 Å². The molecule has 1 heterocycles. The summed E-state index contributed by atoms with van der Waals surface area (Å²) in [4.78, 5) is 0. The van der Waals surface area contributed by atoms with Gasteiger partial charge in [0.25, 0.3) is 0 Å². The molecule has 0 fully saturated rings. The van der Waals surface area contributed by atoms with E-state index in [9.17, 15) is 0 Å². The van der Waals surface area contributed by atoms with Gasteiger partial charge in [0.15, 0.2) is 0 Å². The third-order valence-electron chi connectivity index (χ3n) is 2.80. The van der Waals surface area contributed by atoms with Gasteiger partial charge in [0.2, 0.25) is 0 Å². The fourth-order valence-electron chi connectivity index (χ4n) is 1.80. The molecule has 2 rings (SSSR count). The minimum atomic E-state index is 0.721. The van der Waals surface area contributed by atoms with Crippen molar-refractivity contribution in [1.82, 2.24) is 15.1 Å². The van der Waals surface area contributed by atoms with Crippen molar-refractivity contribution < 1.29 is 4.74 Å². The van der Waals surface area contributed by atoms with Crippen LogP contribution in [0.25, 0.3) is 5.69 Å². The maximum atomic E-state index is 4.98. The van der Waals surface area contributed by atoms with Gasteiger partial charge in [-0.2, -0.15) is 5.10 Å². The maximum Gasteiger partial charge on any atom is 0.0766 e. The Kier molecular flexibility index (Phi) is 4.50. The molecular formula is C14H19N3O. The summed E-state index contributed by atoms with van der Waals surface area (Å²) in [6.07, 6.45) is 2.00. The van der Waals surface area contributed by atoms with E-state index in [1.807, 2.05) is 29.1 Å². The Morgan fingerprint density at radius 1 is 1.28 bits per heavy atom. The first-order chi connectivity index (χ1) is 8.81. The second-order valence-electron chi connectivity index (χ2n) is 4.21. The van der Waals surface area contributed by atoms with Crippen LogP contribution in [0.5, 0.6) is 0 Å². The summed E-state index contributed by atoms with van der Waals surface area (Å²) in [5.74, 6) is 0. The largest absolute Gasteiger partial charge is 0.383 e. The predicted molar refractivity (Wildman–Crippen MR) is 71.9 cm³/mol. The number of aryl methyl sites for hydroxylation is 1. The summed E-state index contributed by atoms with van der Waals surface area (Å²) >= 11 is 0. The van der Waals surface area contributed by atoms with E-state index in [1.165, 1.54) is 5.56 Å². The molecule has 0 aliphatic carbocycles. The lowest BCUT2D eigenvalue weighted by molar-refractivity contribution is 0.199. The third-order valence-corrected chi connectivity index (χ3v) is 2.80. The van der Waals surface area contributed by atoms with Crippen molar-refractivity contribution >= 4 is 0 Å². The molecular weight excluding hydrogens is 226 g/mol. The van der Waals surface area contributed by atoms with Crippen molar-refractivity contribution in [3.05, 3.63) is 47.8 Å². The summed E-state index contributed by atoms with van der Waals surface area (Å²) in [7, 11) is 1.70. The Bertz CT molecular complexity index is 493. The number of benzene rings is 1. The van der Waals surface area contributed by atoms with Gasteiger partial charge >= 0.3 is 0 Å². The lowest BCUT2D eigenvalue weighted by Gasteiger charge is -2.05. The van der Waals surface area contributed by atoms with Crippen LogP contribution in [0.2, 0.25) is 0 Å². The van der Waals surface area contributed by atoms with E-state index < -0.39 is 0 Å². The van der Waals surface area contributed by atoms with Crippen molar-refractivity contribution in [1.29, 1.82) is 0 Å². The molecule has 1 aromatic heterocycles. The molecule has 4 heteroatoms. The highest BCUT2D eigenvalue weighted by Gasteiger charge is 2.02. The van der Waals surface area contributed by atoms with Crippen LogP contribution in [-0.2, 0) is 11.3 Å². The van der Waals surface area contributed by atoms with Gasteiger partial charge in [0, 0.05) is 26.4 Å². The maximum absolute atomic E-state index is 4.98. The minimum Gasteiger partial charge on any atom is -0.383 e. The average Bonchev–Trinajstić information content (AvgIpc) is 2.84. The van der Waals surface area contributed by atoms with Crippen LogP contribution in [0.1, 0.15) is 11.3 Å². The smallest absolute Gasteiger partial charge is 0.0766 e. The molecule has 0 atom stereocenters. The zero-order chi connectivity index (χ0) is 12.8. The number of nitrogens with one attached hydrogen (secondary N) is 1. The first kappa shape index (κ1) is 12.8. The van der Waals surface area contributed by atoms with Crippen molar-refractivity contribution in [3.63, 3.8) is 0 Å². The fraction of sp³-hybridized carbons (Fsp3) is 0.357. The van der Waals surface area contributed by atoms with Crippen LogP contribution in [0.15, 0.2) is 36.5 Å². The van der Waals surface area contributed by atoms with E-state index in [-0.39, 0.29) is 0 Å². The highest BCUT2D eigenvalue weighted by atomic mass is 16.5. The van der Waals surface area contributed by atoms with Gasteiger partial charge in [-0.05, 0) is 24.6 Å². The molecule has 0 spiro atoms. The monoisotopic (exact) mass is 245 g/mol. The van der Waals surface area contributed by atoms with Crippen LogP contribution < -0.4 is 5.32 Å². The van der Waals surface area contributed by atoms with Crippen LogP contribution in [-0.4, -0.2) is 30.0 Å². The first-order valence-electron chi connectivity index (χ1n) is 6.11. The molecule has 2 aromatic rings. The number of nitrogens with zero attached hydrogens (tertiary/aromatic N) is 2. The van der Waals surface area contributed by atoms with Gasteiger partial charge in [0.1, 0.15) is 0 Å². The normalized spacial score (nSPS) is 10.8. The number of para-hydroxylation sites is 1. The number of methoxy groups -OCH3 is 1. The molecule has 0 aliphatic rings. The highest BCUT2D eigenvalue weighted by molar-refractivity contribution is 5.39. The standard InChI is InChI=1S/C14H19N3O/c1-12-5-3-4-6-14(12)17-9-7-13(16-17)11-15-8-10-18-2/h3-7,9,15H,8,10-11H2,1-2H3. The van der Waals surface area contributed by atoms with Crippen LogP contribution in [0.3, 0.4) is 0 Å². The van der Waals surface area contributed by atoms with Gasteiger partial charge in [-0.25, -0.2) is 4.68 Å². The van der Waals surface area contributed by atoms with Crippen molar-refractivity contribution in [2.24, 2.45) is 0 Å². The molecule has 4 nitrogen and oxygen atoms in total. The lowest BCUT2D eigenvalue weighted by Crippen LogP contribution is -2.18. The summed E-state index contributed by atoms with van der Waals surface area (Å²) in [5, 5.41) is 7.83. The summed E-state index contributed by atoms with van der Waals surface area (Å²) in [5.41, 5.74) is 3.38. The molecule has 18 heavy (non-hydrogen) atoms. The van der Waals surface area contributed by atoms with Crippen LogP contribution >= 0.6 is 0 Å². The lowest BCUT2D eigenvalue weighted by atomic mass is 10.2. The Balaban J connectivity index is 2.00. The molecule has 1 aromatic carbocycles. The quantitative estimate of drug-likeness (QED) is 0.790. The van der Waals surface area contributed by atoms with Gasteiger partial charge < -0.3 is 10.1 Å². The molecule has 0 amide bonds. The van der Waals surface area contributed by atoms with E-state index in [1.54, 1.807) is 7.11 Å². The molecule has 1 N–H and O–H groups in total. The molecule has 0 saturated carbocycles. The topological polar surface area (TPSA) is 39.1 Å². The van der Waals surface area contributed by atoms with Crippen molar-refractivity contribution in [3.8, 4) is 5.69 Å². The molecule has 0 saturated heterocycles. The number of aromatic nitrogens is 2. The third kappa shape index (κ3) is 3.18. The van der Waals surface area contributed by atoms with E-state index >= 15 is 0 Å². The zero-order valence-electron chi connectivity index (χ0n) is 10.9. The minimum absolute atomic E-state index is 0.721. The van der Waals surface area contributed by atoms with Crippen molar-refractivity contribution in [2.75, 3.05) is 20.3 Å². The molecule has 96 valence electrons. The van der Waals surface area contributed by atoms with Gasteiger partial charge in [-0.15, -0.1) is 0 Å². The number of rotatable bonds is 6. The fourth-order valence-corrected chi connectivity index (χ4v) is 1.80. The van der Waals surface area contributed by atoms with E-state index in [4.69, 9.17) is 4.74 Å². The second kappa shape index (κ2) is 6.33. The van der Waals surface area contributed by atoms with Crippen molar-refractivity contribution in [2.45, 2.75) is 13.5 Å². The average molecular weight is 245 g/mol. The first-order valence-corrected chi connectivity index (χ1v) is 6.11. The Morgan fingerprint density at radius 3 is 2.89 bits per heavy atom. The number of hydrogen-bond donors (Lipinski definition) is 1. The SMILES string of the molecule is COCCNCc1ccn(-c2ccccc2C)n1. The molecule has 0 aliphatic heterocycles. The van der Waals surface area contributed by atoms with Crippen LogP contribution in [0.4, 0.5) is 0 Å². The summed E-state index contributed by atoms with van der Waals surface area (Å²) in [6, 6.07) is 10.3. The predicted octanol–water partition coefficient (Wildman–Crippen LogP) is 1.92. The summed E-state index contributed by atoms with van der Waals surface area (Å²) < 4.78 is 6.90. The second-order valence-corrected chi connectivity index (χ2v) is 4.21. The highest BCUT2D eigenvalue weighted by Crippen LogP contribution is 2.12. The Hall–Kier alpha value is -1.65. The van der Waals surface area contributed by atoms with Gasteiger partial charge in [-0.1, -0.05) is 18.2 Å². The molecule has 0 radical (unpaired) electrons. The van der Waals surface area contributed by atoms with Gasteiger partial charge in [0.05, 0.1) is 18.0 Å². The number of ether oxygens (including phenoxy) is 1. The van der Waals surface area contributed by atoms with Gasteiger partial charge in [-0.3, -0.25) is 0 Å². The molecule has 0 bridgehead atoms. The van der Waals surface area contributed by atoms with E-state index in [2.05, 4.69) is 29.5 Å². The summed E-state index contributed by atoms with van der Waals surface area (Å²) in [6.45, 7) is 4.42. The number of hydrogen-bond acceptors (Lipinski definition) is 3. The molecule has 0 unspecified atom stereocenters.